The lowest BCUT2D eigenvalue weighted by Crippen LogP contribution is -2.47. The van der Waals surface area contributed by atoms with E-state index in [1.165, 1.54) is 18.2 Å². The number of rotatable bonds is 7. The van der Waals surface area contributed by atoms with Gasteiger partial charge in [0.15, 0.2) is 0 Å². The van der Waals surface area contributed by atoms with Crippen LogP contribution in [0, 0.1) is 10.1 Å². The topological polar surface area (TPSA) is 131 Å². The third kappa shape index (κ3) is 6.14. The van der Waals surface area contributed by atoms with Crippen molar-refractivity contribution in [1.82, 2.24) is 15.8 Å². The zero-order valence-corrected chi connectivity index (χ0v) is 18.9. The summed E-state index contributed by atoms with van der Waals surface area (Å²) in [5.41, 5.74) is 4.84. The molecule has 170 valence electrons. The summed E-state index contributed by atoms with van der Waals surface area (Å²) in [4.78, 5) is 48.7. The first-order valence-electron chi connectivity index (χ1n) is 9.60. The van der Waals surface area contributed by atoms with E-state index >= 15 is 0 Å². The molecular weight excluding hydrogens is 468 g/mol. The van der Waals surface area contributed by atoms with Crippen LogP contribution in [0.5, 0.6) is 5.75 Å². The van der Waals surface area contributed by atoms with Gasteiger partial charge in [-0.25, -0.2) is 0 Å². The maximum Gasteiger partial charge on any atom is 0.270 e. The van der Waals surface area contributed by atoms with Gasteiger partial charge < -0.3 is 4.74 Å². The van der Waals surface area contributed by atoms with Gasteiger partial charge >= 0.3 is 0 Å². The molecule has 12 heteroatoms. The molecule has 0 bridgehead atoms. The molecule has 0 saturated carbocycles. The lowest BCUT2D eigenvalue weighted by molar-refractivity contribution is -0.384. The highest BCUT2D eigenvalue weighted by Gasteiger charge is 2.33. The van der Waals surface area contributed by atoms with Gasteiger partial charge in [-0.1, -0.05) is 42.2 Å². The van der Waals surface area contributed by atoms with Gasteiger partial charge in [-0.05, 0) is 36.8 Å². The molecule has 2 aromatic rings. The molecule has 1 fully saturated rings. The minimum absolute atomic E-state index is 0.00611. The molecule has 1 saturated heterocycles. The van der Waals surface area contributed by atoms with E-state index in [0.717, 1.165) is 28.3 Å². The summed E-state index contributed by atoms with van der Waals surface area (Å²) in [5.74, 6) is -1.15. The Morgan fingerprint density at radius 1 is 1.21 bits per heavy atom. The number of amides is 3. The monoisotopic (exact) mass is 486 g/mol. The summed E-state index contributed by atoms with van der Waals surface area (Å²) in [6.45, 7) is 2.03. The number of nitrogens with zero attached hydrogens (tertiary/aromatic N) is 2. The van der Waals surface area contributed by atoms with E-state index in [1.54, 1.807) is 30.3 Å². The van der Waals surface area contributed by atoms with E-state index in [9.17, 15) is 24.5 Å². The molecule has 33 heavy (non-hydrogen) atoms. The van der Waals surface area contributed by atoms with Crippen molar-refractivity contribution in [3.05, 3.63) is 74.7 Å². The van der Waals surface area contributed by atoms with E-state index in [2.05, 4.69) is 10.9 Å². The lowest BCUT2D eigenvalue weighted by atomic mass is 10.2. The highest BCUT2D eigenvalue weighted by molar-refractivity contribution is 8.26. The Morgan fingerprint density at radius 3 is 2.61 bits per heavy atom. The predicted molar refractivity (Wildman–Crippen MR) is 126 cm³/mol. The van der Waals surface area contributed by atoms with Crippen molar-refractivity contribution in [2.45, 2.75) is 6.92 Å². The number of carbonyl (C=O) groups excluding carboxylic acids is 3. The van der Waals surface area contributed by atoms with E-state index < -0.39 is 29.2 Å². The van der Waals surface area contributed by atoms with Crippen LogP contribution in [0.25, 0.3) is 6.08 Å². The number of nitro groups is 1. The summed E-state index contributed by atoms with van der Waals surface area (Å²) < 4.78 is 5.59. The number of nitrogens with one attached hydrogen (secondary N) is 2. The van der Waals surface area contributed by atoms with Crippen molar-refractivity contribution in [1.29, 1.82) is 0 Å². The largest absolute Gasteiger partial charge is 0.494 e. The quantitative estimate of drug-likeness (QED) is 0.264. The van der Waals surface area contributed by atoms with Crippen LogP contribution in [0.2, 0.25) is 0 Å². The molecule has 0 aliphatic carbocycles. The Balaban J connectivity index is 1.58. The summed E-state index contributed by atoms with van der Waals surface area (Å²) in [7, 11) is 0. The summed E-state index contributed by atoms with van der Waals surface area (Å²) in [6.07, 6.45) is 1.66. The van der Waals surface area contributed by atoms with Crippen molar-refractivity contribution < 1.29 is 24.0 Å². The molecule has 3 amide bonds. The number of thiocarbonyl (C=S) groups is 1. The molecule has 1 heterocycles. The SMILES string of the molecule is CCOc1ccc(C=C2SC(=S)N(CC(=O)NNC(=O)c3cccc([N+](=O)[O-])c3)C2=O)cc1. The number of nitro benzene ring substituents is 1. The third-order valence-electron chi connectivity index (χ3n) is 4.30. The van der Waals surface area contributed by atoms with Crippen LogP contribution in [0.4, 0.5) is 5.69 Å². The van der Waals surface area contributed by atoms with Gasteiger partial charge in [0, 0.05) is 17.7 Å². The highest BCUT2D eigenvalue weighted by atomic mass is 32.2. The van der Waals surface area contributed by atoms with Gasteiger partial charge in [0.2, 0.25) is 0 Å². The number of benzene rings is 2. The summed E-state index contributed by atoms with van der Waals surface area (Å²) in [5, 5.41) is 10.8. The van der Waals surface area contributed by atoms with Crippen molar-refractivity contribution in [2.24, 2.45) is 0 Å². The number of ether oxygens (including phenoxy) is 1. The zero-order chi connectivity index (χ0) is 24.0. The van der Waals surface area contributed by atoms with Crippen LogP contribution < -0.4 is 15.6 Å². The molecule has 0 spiro atoms. The van der Waals surface area contributed by atoms with Crippen molar-refractivity contribution in [2.75, 3.05) is 13.2 Å². The molecule has 3 rings (SSSR count). The number of hydrogen-bond acceptors (Lipinski definition) is 8. The van der Waals surface area contributed by atoms with Gasteiger partial charge in [-0.15, -0.1) is 0 Å². The summed E-state index contributed by atoms with van der Waals surface area (Å²) in [6, 6.07) is 12.2. The fourth-order valence-electron chi connectivity index (χ4n) is 2.76. The molecule has 0 unspecified atom stereocenters. The number of carbonyl (C=O) groups is 3. The molecule has 0 atom stereocenters. The van der Waals surface area contributed by atoms with Crippen molar-refractivity contribution in [3.63, 3.8) is 0 Å². The second-order valence-electron chi connectivity index (χ2n) is 6.58. The van der Waals surface area contributed by atoms with Crippen LogP contribution in [0.3, 0.4) is 0 Å². The third-order valence-corrected chi connectivity index (χ3v) is 5.68. The first-order chi connectivity index (χ1) is 15.8. The Hall–Kier alpha value is -3.77. The van der Waals surface area contributed by atoms with Gasteiger partial charge in [0.25, 0.3) is 23.4 Å². The van der Waals surface area contributed by atoms with Crippen molar-refractivity contribution in [3.8, 4) is 5.75 Å². The number of hydrazine groups is 1. The maximum absolute atomic E-state index is 12.7. The van der Waals surface area contributed by atoms with E-state index in [1.807, 2.05) is 6.92 Å². The normalized spacial score (nSPS) is 14.3. The number of thioether (sulfide) groups is 1. The molecule has 10 nitrogen and oxygen atoms in total. The molecule has 2 N–H and O–H groups in total. The molecule has 2 aromatic carbocycles. The average molecular weight is 487 g/mol. The molecule has 0 radical (unpaired) electrons. The van der Waals surface area contributed by atoms with Crippen LogP contribution in [0.1, 0.15) is 22.8 Å². The fraction of sp³-hybridized carbons (Fsp3) is 0.143. The molecule has 1 aliphatic rings. The van der Waals surface area contributed by atoms with Gasteiger partial charge in [0.05, 0.1) is 16.4 Å². The van der Waals surface area contributed by atoms with E-state index in [-0.39, 0.29) is 15.6 Å². The predicted octanol–water partition coefficient (Wildman–Crippen LogP) is 2.66. The van der Waals surface area contributed by atoms with E-state index in [4.69, 9.17) is 17.0 Å². The van der Waals surface area contributed by atoms with Crippen LogP contribution in [-0.2, 0) is 9.59 Å². The number of non-ortho nitro benzene ring substituents is 1. The Kier molecular flexibility index (Phi) is 7.74. The Morgan fingerprint density at radius 2 is 1.94 bits per heavy atom. The van der Waals surface area contributed by atoms with E-state index in [0.29, 0.717) is 17.3 Å². The Labute approximate surface area is 198 Å². The lowest BCUT2D eigenvalue weighted by Gasteiger charge is -2.14. The minimum Gasteiger partial charge on any atom is -0.494 e. The number of hydrogen-bond donors (Lipinski definition) is 2. The van der Waals surface area contributed by atoms with Crippen molar-refractivity contribution >= 4 is 57.8 Å². The second-order valence-corrected chi connectivity index (χ2v) is 8.26. The maximum atomic E-state index is 12.7. The average Bonchev–Trinajstić information content (AvgIpc) is 3.06. The summed E-state index contributed by atoms with van der Waals surface area (Å²) >= 11 is 6.28. The smallest absolute Gasteiger partial charge is 0.270 e. The fourth-order valence-corrected chi connectivity index (χ4v) is 4.01. The second kappa shape index (κ2) is 10.7. The van der Waals surface area contributed by atoms with Gasteiger partial charge in [-0.2, -0.15) is 0 Å². The van der Waals surface area contributed by atoms with Gasteiger partial charge in [0.1, 0.15) is 16.6 Å². The first-order valence-corrected chi connectivity index (χ1v) is 10.8. The molecule has 0 aromatic heterocycles. The van der Waals surface area contributed by atoms with Crippen LogP contribution >= 0.6 is 24.0 Å². The standard InChI is InChI=1S/C21H18N4O6S2/c1-2-31-16-8-6-13(7-9-16)10-17-20(28)24(21(32)33-17)12-18(26)22-23-19(27)14-4-3-5-15(11-14)25(29)30/h3-11H,2,12H2,1H3,(H,22,26)(H,23,27). The first kappa shape index (κ1) is 23.9. The van der Waals surface area contributed by atoms with Gasteiger partial charge in [-0.3, -0.25) is 40.2 Å². The zero-order valence-electron chi connectivity index (χ0n) is 17.3. The highest BCUT2D eigenvalue weighted by Crippen LogP contribution is 2.32. The minimum atomic E-state index is -0.743. The van der Waals surface area contributed by atoms with Crippen LogP contribution in [-0.4, -0.2) is 45.0 Å². The molecular formula is C21H18N4O6S2. The van der Waals surface area contributed by atoms with Crippen LogP contribution in [0.15, 0.2) is 53.4 Å². The Bertz CT molecular complexity index is 1150. The molecule has 1 aliphatic heterocycles.